The molecule has 2 N–H and O–H groups in total. The average Bonchev–Trinajstić information content (AvgIpc) is 2.15. The molecule has 16 heavy (non-hydrogen) atoms. The molecule has 1 atom stereocenters. The van der Waals surface area contributed by atoms with Crippen LogP contribution >= 0.6 is 11.6 Å². The van der Waals surface area contributed by atoms with Crippen LogP contribution in [0.4, 0.5) is 4.39 Å². The van der Waals surface area contributed by atoms with Gasteiger partial charge in [-0.15, -0.1) is 0 Å². The zero-order valence-electron chi connectivity index (χ0n) is 8.87. The third-order valence-electron chi connectivity index (χ3n) is 2.54. The lowest BCUT2D eigenvalue weighted by Crippen LogP contribution is -2.40. The fourth-order valence-corrected chi connectivity index (χ4v) is 1.63. The van der Waals surface area contributed by atoms with Crippen LogP contribution in [0.25, 0.3) is 0 Å². The van der Waals surface area contributed by atoms with Crippen LogP contribution in [0.15, 0.2) is 18.2 Å². The largest absolute Gasteiger partial charge is 0.479 e. The van der Waals surface area contributed by atoms with Gasteiger partial charge in [-0.2, -0.15) is 0 Å². The molecule has 0 bridgehead atoms. The molecule has 0 radical (unpaired) electrons. The number of rotatable bonds is 3. The number of halogens is 2. The Kier molecular flexibility index (Phi) is 3.55. The number of aliphatic hydroxyl groups is 1. The number of carboxylic acid groups (broad SMARTS) is 1. The van der Waals surface area contributed by atoms with E-state index in [-0.39, 0.29) is 10.6 Å². The normalized spacial score (nSPS) is 13.6. The fourth-order valence-electron chi connectivity index (χ4n) is 1.47. The summed E-state index contributed by atoms with van der Waals surface area (Å²) in [6, 6.07) is 3.92. The highest BCUT2D eigenvalue weighted by Gasteiger charge is 2.37. The lowest BCUT2D eigenvalue weighted by molar-refractivity contribution is -0.150. The summed E-state index contributed by atoms with van der Waals surface area (Å²) >= 11 is 5.59. The maximum Gasteiger partial charge on any atom is 0.333 e. The van der Waals surface area contributed by atoms with Gasteiger partial charge in [0, 0.05) is 10.4 Å². The number of carboxylic acids is 1. The van der Waals surface area contributed by atoms with E-state index in [4.69, 9.17) is 16.7 Å². The van der Waals surface area contributed by atoms with E-state index >= 15 is 0 Å². The predicted molar refractivity (Wildman–Crippen MR) is 58.1 cm³/mol. The van der Waals surface area contributed by atoms with Crippen LogP contribution in [0.3, 0.4) is 0 Å². The summed E-state index contributed by atoms with van der Waals surface area (Å²) in [6.45, 7) is 2.91. The van der Waals surface area contributed by atoms with Crippen molar-refractivity contribution in [3.63, 3.8) is 0 Å². The summed E-state index contributed by atoms with van der Waals surface area (Å²) in [6.07, 6.45) is -1.68. The standard InChI is InChI=1S/C11H12ClFO3/c1-11(2,9(14)10(15)16)7-4-3-6(12)5-8(7)13/h3-5,9,14H,1-2H3,(H,15,16). The van der Waals surface area contributed by atoms with Crippen molar-refractivity contribution in [3.05, 3.63) is 34.6 Å². The highest BCUT2D eigenvalue weighted by Crippen LogP contribution is 2.30. The number of hydrogen-bond acceptors (Lipinski definition) is 2. The van der Waals surface area contributed by atoms with Crippen LogP contribution in [0.1, 0.15) is 19.4 Å². The molecule has 1 rings (SSSR count). The molecule has 0 aliphatic heterocycles. The molecule has 1 unspecified atom stereocenters. The quantitative estimate of drug-likeness (QED) is 0.860. The Morgan fingerprint density at radius 2 is 2.06 bits per heavy atom. The SMILES string of the molecule is CC(C)(c1ccc(Cl)cc1F)C(O)C(=O)O. The van der Waals surface area contributed by atoms with E-state index in [1.165, 1.54) is 26.0 Å². The van der Waals surface area contributed by atoms with Gasteiger partial charge in [0.25, 0.3) is 0 Å². The lowest BCUT2D eigenvalue weighted by atomic mass is 9.79. The van der Waals surface area contributed by atoms with E-state index < -0.39 is 23.3 Å². The summed E-state index contributed by atoms with van der Waals surface area (Å²) < 4.78 is 13.6. The van der Waals surface area contributed by atoms with Crippen molar-refractivity contribution in [1.29, 1.82) is 0 Å². The number of benzene rings is 1. The first-order chi connectivity index (χ1) is 7.26. The van der Waals surface area contributed by atoms with Crippen molar-refractivity contribution in [2.45, 2.75) is 25.4 Å². The Balaban J connectivity index is 3.21. The highest BCUT2D eigenvalue weighted by molar-refractivity contribution is 6.30. The monoisotopic (exact) mass is 246 g/mol. The van der Waals surface area contributed by atoms with Gasteiger partial charge in [0.15, 0.2) is 6.10 Å². The highest BCUT2D eigenvalue weighted by atomic mass is 35.5. The Morgan fingerprint density at radius 3 is 2.50 bits per heavy atom. The molecule has 0 spiro atoms. The summed E-state index contributed by atoms with van der Waals surface area (Å²) in [5, 5.41) is 18.5. The van der Waals surface area contributed by atoms with Gasteiger partial charge in [-0.3, -0.25) is 0 Å². The van der Waals surface area contributed by atoms with E-state index in [0.717, 1.165) is 6.07 Å². The number of aliphatic carboxylic acids is 1. The molecule has 0 aliphatic carbocycles. The van der Waals surface area contributed by atoms with Crippen molar-refractivity contribution >= 4 is 17.6 Å². The van der Waals surface area contributed by atoms with Crippen molar-refractivity contribution in [2.24, 2.45) is 0 Å². The topological polar surface area (TPSA) is 57.5 Å². The van der Waals surface area contributed by atoms with Crippen LogP contribution in [0.2, 0.25) is 5.02 Å². The van der Waals surface area contributed by atoms with E-state index in [1.54, 1.807) is 0 Å². The lowest BCUT2D eigenvalue weighted by Gasteiger charge is -2.28. The third-order valence-corrected chi connectivity index (χ3v) is 2.78. The van der Waals surface area contributed by atoms with Crippen LogP contribution in [-0.2, 0) is 10.2 Å². The minimum absolute atomic E-state index is 0.117. The van der Waals surface area contributed by atoms with E-state index in [0.29, 0.717) is 0 Å². The molecule has 0 heterocycles. The summed E-state index contributed by atoms with van der Waals surface area (Å²) in [7, 11) is 0. The molecule has 0 amide bonds. The van der Waals surface area contributed by atoms with Gasteiger partial charge in [0.2, 0.25) is 0 Å². The molecule has 1 aromatic rings. The average molecular weight is 247 g/mol. The van der Waals surface area contributed by atoms with E-state index in [9.17, 15) is 14.3 Å². The third kappa shape index (κ3) is 2.33. The molecule has 1 aromatic carbocycles. The Hall–Kier alpha value is -1.13. The Bertz CT molecular complexity index is 418. The smallest absolute Gasteiger partial charge is 0.333 e. The summed E-state index contributed by atoms with van der Waals surface area (Å²) in [4.78, 5) is 10.7. The summed E-state index contributed by atoms with van der Waals surface area (Å²) in [5.74, 6) is -2.02. The van der Waals surface area contributed by atoms with Crippen molar-refractivity contribution in [1.82, 2.24) is 0 Å². The molecular formula is C11H12ClFO3. The molecule has 3 nitrogen and oxygen atoms in total. The van der Waals surface area contributed by atoms with Gasteiger partial charge in [-0.25, -0.2) is 9.18 Å². The molecule has 5 heteroatoms. The second kappa shape index (κ2) is 4.39. The van der Waals surface area contributed by atoms with Gasteiger partial charge >= 0.3 is 5.97 Å². The van der Waals surface area contributed by atoms with Crippen LogP contribution in [0.5, 0.6) is 0 Å². The molecule has 0 fully saturated rings. The van der Waals surface area contributed by atoms with E-state index in [2.05, 4.69) is 0 Å². The molecule has 0 saturated heterocycles. The zero-order valence-corrected chi connectivity index (χ0v) is 9.62. The summed E-state index contributed by atoms with van der Waals surface area (Å²) in [5.41, 5.74) is -1.10. The van der Waals surface area contributed by atoms with Gasteiger partial charge in [-0.1, -0.05) is 31.5 Å². The molecule has 0 aliphatic rings. The second-order valence-corrected chi connectivity index (χ2v) is 4.52. The molecule has 0 saturated carbocycles. The fraction of sp³-hybridized carbons (Fsp3) is 0.364. The molecular weight excluding hydrogens is 235 g/mol. The van der Waals surface area contributed by atoms with Crippen molar-refractivity contribution in [3.8, 4) is 0 Å². The van der Waals surface area contributed by atoms with Crippen molar-refractivity contribution in [2.75, 3.05) is 0 Å². The molecule has 0 aromatic heterocycles. The predicted octanol–water partition coefficient (Wildman–Crippen LogP) is 2.20. The first kappa shape index (κ1) is 12.9. The van der Waals surface area contributed by atoms with Crippen LogP contribution in [-0.4, -0.2) is 22.3 Å². The Labute approximate surface area is 97.5 Å². The van der Waals surface area contributed by atoms with Gasteiger partial charge < -0.3 is 10.2 Å². The molecule has 88 valence electrons. The second-order valence-electron chi connectivity index (χ2n) is 4.09. The van der Waals surface area contributed by atoms with Gasteiger partial charge in [0.05, 0.1) is 0 Å². The number of carbonyl (C=O) groups is 1. The maximum absolute atomic E-state index is 13.6. The number of aliphatic hydroxyl groups excluding tert-OH is 1. The van der Waals surface area contributed by atoms with Gasteiger partial charge in [-0.05, 0) is 17.7 Å². The van der Waals surface area contributed by atoms with Crippen molar-refractivity contribution < 1.29 is 19.4 Å². The minimum atomic E-state index is -1.68. The van der Waals surface area contributed by atoms with Gasteiger partial charge in [0.1, 0.15) is 5.82 Å². The van der Waals surface area contributed by atoms with Crippen LogP contribution in [0, 0.1) is 5.82 Å². The van der Waals surface area contributed by atoms with E-state index in [1.807, 2.05) is 0 Å². The number of hydrogen-bond donors (Lipinski definition) is 2. The van der Waals surface area contributed by atoms with Crippen LogP contribution < -0.4 is 0 Å². The maximum atomic E-state index is 13.6. The first-order valence-electron chi connectivity index (χ1n) is 4.63. The Morgan fingerprint density at radius 1 is 1.50 bits per heavy atom. The zero-order chi connectivity index (χ0) is 12.5. The first-order valence-corrected chi connectivity index (χ1v) is 5.01. The minimum Gasteiger partial charge on any atom is -0.479 e.